The van der Waals surface area contributed by atoms with Gasteiger partial charge in [0.1, 0.15) is 10.4 Å². The summed E-state index contributed by atoms with van der Waals surface area (Å²) in [6.07, 6.45) is 0. The highest BCUT2D eigenvalue weighted by molar-refractivity contribution is 7.71. The number of carbonyl (C=O) groups is 1. The molecule has 0 saturated carbocycles. The molecule has 4 heteroatoms. The van der Waals surface area contributed by atoms with E-state index < -0.39 is 0 Å². The summed E-state index contributed by atoms with van der Waals surface area (Å²) in [7, 11) is 0. The molecular weight excluding hydrogens is 210 g/mol. The average molecular weight is 219 g/mol. The van der Waals surface area contributed by atoms with Crippen LogP contribution in [0.1, 0.15) is 17.3 Å². The molecule has 15 heavy (non-hydrogen) atoms. The van der Waals surface area contributed by atoms with Crippen molar-refractivity contribution in [2.75, 3.05) is 0 Å². The molecule has 0 aliphatic carbocycles. The molecule has 0 spiro atoms. The van der Waals surface area contributed by atoms with Gasteiger partial charge in [0, 0.05) is 5.39 Å². The highest BCUT2D eigenvalue weighted by atomic mass is 32.1. The monoisotopic (exact) mass is 219 g/mol. The summed E-state index contributed by atoms with van der Waals surface area (Å²) >= 11 is 5.01. The number of Topliss-reactive ketones (excluding diaryl/α,β-unsaturated/α-hetero) is 1. The Morgan fingerprint density at radius 1 is 1.40 bits per heavy atom. The zero-order valence-corrected chi connectivity index (χ0v) is 8.89. The summed E-state index contributed by atoms with van der Waals surface area (Å²) in [6, 6.07) is 7.17. The van der Waals surface area contributed by atoms with Crippen LogP contribution in [0, 0.1) is 4.64 Å². The fourth-order valence-electron chi connectivity index (χ4n) is 1.55. The molecule has 0 unspecified atom stereocenters. The lowest BCUT2D eigenvalue weighted by molar-refractivity contribution is 0.101. The van der Waals surface area contributed by atoms with E-state index >= 15 is 0 Å². The van der Waals surface area contributed by atoms with E-state index in [1.165, 1.54) is 6.92 Å². The van der Waals surface area contributed by atoms with Crippen LogP contribution in [-0.4, -0.2) is 15.9 Å². The first-order chi connectivity index (χ1) is 7.11. The van der Waals surface area contributed by atoms with Gasteiger partial charge in [0.05, 0.1) is 11.1 Å². The Balaban J connectivity index is 2.97. The van der Waals surface area contributed by atoms with Crippen molar-refractivity contribution in [3.63, 3.8) is 0 Å². The minimum Gasteiger partial charge on any atom is -0.506 e. The second-order valence-corrected chi connectivity index (χ2v) is 3.69. The number of benzene rings is 1. The summed E-state index contributed by atoms with van der Waals surface area (Å²) in [5, 5.41) is 10.5. The number of fused-ring (bicyclic) bond motifs is 1. The maximum atomic E-state index is 11.3. The lowest BCUT2D eigenvalue weighted by atomic mass is 10.1. The van der Waals surface area contributed by atoms with Gasteiger partial charge in [-0.1, -0.05) is 24.4 Å². The molecule has 0 radical (unpaired) electrons. The van der Waals surface area contributed by atoms with Crippen molar-refractivity contribution in [3.8, 4) is 5.75 Å². The Hall–Kier alpha value is -1.68. The molecule has 1 aromatic heterocycles. The Morgan fingerprint density at radius 3 is 2.73 bits per heavy atom. The van der Waals surface area contributed by atoms with E-state index in [2.05, 4.69) is 4.98 Å². The SMILES string of the molecule is CC(=O)c1c(O)c2ccccc2[nH]c1=S. The first-order valence-corrected chi connectivity index (χ1v) is 4.87. The van der Waals surface area contributed by atoms with Crippen LogP contribution >= 0.6 is 12.2 Å². The molecule has 0 aliphatic heterocycles. The van der Waals surface area contributed by atoms with E-state index in [1.807, 2.05) is 6.07 Å². The fraction of sp³-hybridized carbons (Fsp3) is 0.0909. The highest BCUT2D eigenvalue weighted by Crippen LogP contribution is 2.27. The van der Waals surface area contributed by atoms with Gasteiger partial charge >= 0.3 is 0 Å². The van der Waals surface area contributed by atoms with Crippen molar-refractivity contribution in [1.29, 1.82) is 0 Å². The third-order valence-electron chi connectivity index (χ3n) is 2.25. The third-order valence-corrected chi connectivity index (χ3v) is 2.55. The van der Waals surface area contributed by atoms with Crippen LogP contribution in [0.5, 0.6) is 5.75 Å². The van der Waals surface area contributed by atoms with Crippen LogP contribution in [0.2, 0.25) is 0 Å². The number of hydrogen-bond acceptors (Lipinski definition) is 3. The molecule has 1 aromatic carbocycles. The normalized spacial score (nSPS) is 10.5. The summed E-state index contributed by atoms with van der Waals surface area (Å²) in [4.78, 5) is 14.2. The topological polar surface area (TPSA) is 53.1 Å². The van der Waals surface area contributed by atoms with Crippen LogP contribution in [0.15, 0.2) is 24.3 Å². The summed E-state index contributed by atoms with van der Waals surface area (Å²) in [5.74, 6) is -0.277. The van der Waals surface area contributed by atoms with Gasteiger partial charge in [-0.15, -0.1) is 0 Å². The van der Waals surface area contributed by atoms with Crippen molar-refractivity contribution < 1.29 is 9.90 Å². The van der Waals surface area contributed by atoms with Crippen molar-refractivity contribution in [2.45, 2.75) is 6.92 Å². The molecule has 0 aliphatic rings. The smallest absolute Gasteiger partial charge is 0.166 e. The van der Waals surface area contributed by atoms with Gasteiger partial charge in [0.2, 0.25) is 0 Å². The number of ketones is 1. The van der Waals surface area contributed by atoms with Crippen LogP contribution in [0.25, 0.3) is 10.9 Å². The van der Waals surface area contributed by atoms with Gasteiger partial charge in [0.15, 0.2) is 5.78 Å². The second-order valence-electron chi connectivity index (χ2n) is 3.28. The van der Waals surface area contributed by atoms with E-state index in [-0.39, 0.29) is 21.7 Å². The number of aromatic nitrogens is 1. The van der Waals surface area contributed by atoms with Gasteiger partial charge in [-0.3, -0.25) is 4.79 Å². The van der Waals surface area contributed by atoms with Gasteiger partial charge in [-0.25, -0.2) is 0 Å². The number of nitrogens with one attached hydrogen (secondary N) is 1. The molecule has 0 amide bonds. The number of rotatable bonds is 1. The fourth-order valence-corrected chi connectivity index (χ4v) is 1.90. The predicted octanol–water partition coefficient (Wildman–Crippen LogP) is 2.81. The summed E-state index contributed by atoms with van der Waals surface area (Å²) in [6.45, 7) is 1.38. The molecule has 2 aromatic rings. The van der Waals surface area contributed by atoms with E-state index in [1.54, 1.807) is 18.2 Å². The quantitative estimate of drug-likeness (QED) is 0.572. The lowest BCUT2D eigenvalue weighted by Gasteiger charge is -2.05. The Bertz CT molecular complexity index is 601. The number of H-pyrrole nitrogens is 1. The Morgan fingerprint density at radius 2 is 2.07 bits per heavy atom. The molecular formula is C11H9NO2S. The number of pyridine rings is 1. The summed E-state index contributed by atoms with van der Waals surface area (Å²) < 4.78 is 0.277. The van der Waals surface area contributed by atoms with Crippen LogP contribution < -0.4 is 0 Å². The zero-order chi connectivity index (χ0) is 11.0. The first kappa shape index (κ1) is 9.86. The van der Waals surface area contributed by atoms with E-state index in [0.29, 0.717) is 5.39 Å². The number of hydrogen-bond donors (Lipinski definition) is 2. The van der Waals surface area contributed by atoms with Gasteiger partial charge < -0.3 is 10.1 Å². The molecule has 2 rings (SSSR count). The van der Waals surface area contributed by atoms with Crippen LogP contribution in [-0.2, 0) is 0 Å². The second kappa shape index (κ2) is 3.47. The van der Waals surface area contributed by atoms with Crippen molar-refractivity contribution in [3.05, 3.63) is 34.5 Å². The van der Waals surface area contributed by atoms with Gasteiger partial charge in [-0.05, 0) is 19.1 Å². The van der Waals surface area contributed by atoms with Crippen LogP contribution in [0.3, 0.4) is 0 Å². The largest absolute Gasteiger partial charge is 0.506 e. The van der Waals surface area contributed by atoms with Gasteiger partial charge in [-0.2, -0.15) is 0 Å². The highest BCUT2D eigenvalue weighted by Gasteiger charge is 2.12. The first-order valence-electron chi connectivity index (χ1n) is 4.46. The lowest BCUT2D eigenvalue weighted by Crippen LogP contribution is -1.97. The van der Waals surface area contributed by atoms with Crippen molar-refractivity contribution in [2.24, 2.45) is 0 Å². The standard InChI is InChI=1S/C11H9NO2S/c1-6(13)9-10(14)7-4-2-3-5-8(7)12-11(9)15/h2-5H,1H3,(H2,12,14,15). The average Bonchev–Trinajstić information content (AvgIpc) is 2.17. The molecule has 3 nitrogen and oxygen atoms in total. The molecule has 0 atom stereocenters. The zero-order valence-electron chi connectivity index (χ0n) is 8.07. The minimum absolute atomic E-state index is 0.0400. The molecule has 76 valence electrons. The Labute approximate surface area is 91.4 Å². The minimum atomic E-state index is -0.237. The number of carbonyl (C=O) groups excluding carboxylic acids is 1. The van der Waals surface area contributed by atoms with Crippen LogP contribution in [0.4, 0.5) is 0 Å². The third kappa shape index (κ3) is 1.53. The molecule has 0 saturated heterocycles. The van der Waals surface area contributed by atoms with E-state index in [0.717, 1.165) is 5.52 Å². The van der Waals surface area contributed by atoms with Crippen molar-refractivity contribution in [1.82, 2.24) is 4.98 Å². The maximum absolute atomic E-state index is 11.3. The summed E-state index contributed by atoms with van der Waals surface area (Å²) in [5.41, 5.74) is 0.911. The molecule has 1 heterocycles. The number of para-hydroxylation sites is 1. The molecule has 0 bridgehead atoms. The predicted molar refractivity (Wildman–Crippen MR) is 60.8 cm³/mol. The Kier molecular flexibility index (Phi) is 2.28. The van der Waals surface area contributed by atoms with Crippen molar-refractivity contribution >= 4 is 28.9 Å². The maximum Gasteiger partial charge on any atom is 0.166 e. The van der Waals surface area contributed by atoms with Gasteiger partial charge in [0.25, 0.3) is 0 Å². The molecule has 2 N–H and O–H groups in total. The van der Waals surface area contributed by atoms with E-state index in [9.17, 15) is 9.90 Å². The van der Waals surface area contributed by atoms with E-state index in [4.69, 9.17) is 12.2 Å². The molecule has 0 fully saturated rings. The number of aromatic hydroxyl groups is 1. The number of aromatic amines is 1.